The highest BCUT2D eigenvalue weighted by atomic mass is 32.1. The molecule has 1 fully saturated rings. The molecule has 144 valence electrons. The van der Waals surface area contributed by atoms with Crippen molar-refractivity contribution in [3.05, 3.63) is 58.3 Å². The summed E-state index contributed by atoms with van der Waals surface area (Å²) in [5.41, 5.74) is -2.97. The molecule has 0 saturated carbocycles. The number of Topliss-reactive ketones (excluding diaryl/α,β-unsaturated/α-hetero) is 1. The Bertz CT molecular complexity index is 842. The molecule has 2 aromatic rings. The Morgan fingerprint density at radius 2 is 1.81 bits per heavy atom. The molecule has 0 radical (unpaired) electrons. The van der Waals surface area contributed by atoms with Crippen LogP contribution in [0.4, 0.5) is 13.2 Å². The van der Waals surface area contributed by atoms with Crippen LogP contribution >= 0.6 is 23.6 Å². The van der Waals surface area contributed by atoms with Crippen LogP contribution in [0.25, 0.3) is 0 Å². The van der Waals surface area contributed by atoms with Crippen molar-refractivity contribution >= 4 is 34.5 Å². The van der Waals surface area contributed by atoms with Crippen molar-refractivity contribution in [2.24, 2.45) is 5.92 Å². The van der Waals surface area contributed by atoms with Crippen LogP contribution in [0.1, 0.15) is 21.3 Å². The van der Waals surface area contributed by atoms with Gasteiger partial charge < -0.3 is 14.9 Å². The zero-order valence-corrected chi connectivity index (χ0v) is 16.1. The summed E-state index contributed by atoms with van der Waals surface area (Å²) < 4.78 is 42.3. The van der Waals surface area contributed by atoms with Gasteiger partial charge in [-0.2, -0.15) is 13.2 Å². The molecule has 3 rings (SSSR count). The van der Waals surface area contributed by atoms with Gasteiger partial charge in [-0.1, -0.05) is 36.4 Å². The second kappa shape index (κ2) is 6.88. The van der Waals surface area contributed by atoms with Gasteiger partial charge in [0.15, 0.2) is 10.9 Å². The van der Waals surface area contributed by atoms with E-state index in [4.69, 9.17) is 12.2 Å². The summed E-state index contributed by atoms with van der Waals surface area (Å²) in [6, 6.07) is 10.3. The average Bonchev–Trinajstić information content (AvgIpc) is 3.16. The number of hydrogen-bond acceptors (Lipinski definition) is 4. The largest absolute Gasteiger partial charge is 0.437 e. The van der Waals surface area contributed by atoms with Crippen LogP contribution < -0.4 is 0 Å². The summed E-state index contributed by atoms with van der Waals surface area (Å²) in [5.74, 6) is -2.60. The highest BCUT2D eigenvalue weighted by Crippen LogP contribution is 2.50. The Morgan fingerprint density at radius 3 is 2.33 bits per heavy atom. The van der Waals surface area contributed by atoms with E-state index in [9.17, 15) is 23.1 Å². The Labute approximate surface area is 163 Å². The van der Waals surface area contributed by atoms with Crippen molar-refractivity contribution < 1.29 is 23.1 Å². The molecular formula is C18H17F3N2O2S2. The Hall–Kier alpha value is -1.97. The molecule has 0 spiro atoms. The molecule has 3 atom stereocenters. The summed E-state index contributed by atoms with van der Waals surface area (Å²) in [5, 5.41) is 12.3. The SMILES string of the molecule is CN1C(=S)N(C)[C@@](O)(C(F)(F)F)[C@@H](C(=O)c2cccs2)[C@H]1c1ccccc1. The molecule has 4 nitrogen and oxygen atoms in total. The molecule has 0 bridgehead atoms. The number of aliphatic hydroxyl groups is 1. The Kier molecular flexibility index (Phi) is 5.04. The van der Waals surface area contributed by atoms with Crippen molar-refractivity contribution in [1.82, 2.24) is 9.80 Å². The molecule has 0 aliphatic carbocycles. The minimum Gasteiger partial charge on any atom is -0.363 e. The number of thiophene rings is 1. The van der Waals surface area contributed by atoms with Crippen molar-refractivity contribution in [3.63, 3.8) is 0 Å². The quantitative estimate of drug-likeness (QED) is 0.613. The van der Waals surface area contributed by atoms with Gasteiger partial charge in [0.05, 0.1) is 10.9 Å². The van der Waals surface area contributed by atoms with Crippen molar-refractivity contribution in [1.29, 1.82) is 0 Å². The van der Waals surface area contributed by atoms with E-state index < -0.39 is 29.6 Å². The van der Waals surface area contributed by atoms with E-state index in [2.05, 4.69) is 0 Å². The summed E-state index contributed by atoms with van der Waals surface area (Å²) in [6.45, 7) is 0. The highest BCUT2D eigenvalue weighted by Gasteiger charge is 2.69. The minimum absolute atomic E-state index is 0.151. The maximum Gasteiger partial charge on any atom is 0.437 e. The number of halogens is 3. The molecule has 1 N–H and O–H groups in total. The van der Waals surface area contributed by atoms with Crippen molar-refractivity contribution in [3.8, 4) is 0 Å². The zero-order chi connectivity index (χ0) is 20.0. The lowest BCUT2D eigenvalue weighted by Gasteiger charge is -2.54. The number of carbonyl (C=O) groups is 1. The molecular weight excluding hydrogens is 397 g/mol. The molecule has 2 heterocycles. The Morgan fingerprint density at radius 1 is 1.19 bits per heavy atom. The van der Waals surface area contributed by atoms with Gasteiger partial charge in [0, 0.05) is 14.1 Å². The lowest BCUT2D eigenvalue weighted by molar-refractivity contribution is -0.324. The molecule has 1 aromatic heterocycles. The average molecular weight is 414 g/mol. The number of alkyl halides is 3. The van der Waals surface area contributed by atoms with E-state index in [0.717, 1.165) is 18.4 Å². The van der Waals surface area contributed by atoms with Gasteiger partial charge in [-0.25, -0.2) is 0 Å². The molecule has 1 saturated heterocycles. The van der Waals surface area contributed by atoms with Crippen LogP contribution in [0.3, 0.4) is 0 Å². The summed E-state index contributed by atoms with van der Waals surface area (Å²) >= 11 is 6.21. The number of benzene rings is 1. The first-order valence-corrected chi connectivity index (χ1v) is 9.32. The van der Waals surface area contributed by atoms with E-state index in [1.807, 2.05) is 0 Å². The smallest absolute Gasteiger partial charge is 0.363 e. The third-order valence-electron chi connectivity index (χ3n) is 4.87. The first-order valence-electron chi connectivity index (χ1n) is 8.03. The number of ketones is 1. The van der Waals surface area contributed by atoms with Gasteiger partial charge in [-0.05, 0) is 29.2 Å². The second-order valence-electron chi connectivity index (χ2n) is 6.35. The predicted molar refractivity (Wildman–Crippen MR) is 100 cm³/mol. The molecule has 9 heteroatoms. The summed E-state index contributed by atoms with van der Waals surface area (Å²) in [7, 11) is 2.59. The molecule has 0 amide bonds. The van der Waals surface area contributed by atoms with Crippen LogP contribution in [-0.4, -0.2) is 51.8 Å². The normalized spacial score (nSPS) is 26.4. The standard InChI is InChI=1S/C18H17F3N2O2S2/c1-22-14(11-7-4-3-5-8-11)13(15(24)12-9-6-10-27-12)17(25,18(19,20)21)23(2)16(22)26/h3-10,13-14,25H,1-2H3/t13-,14-,17+/m1/s1. The maximum atomic E-state index is 14.1. The monoisotopic (exact) mass is 414 g/mol. The second-order valence-corrected chi connectivity index (χ2v) is 7.66. The summed E-state index contributed by atoms with van der Waals surface area (Å²) in [4.78, 5) is 15.3. The molecule has 1 aromatic carbocycles. The number of nitrogens with zero attached hydrogens (tertiary/aromatic N) is 2. The first-order chi connectivity index (χ1) is 12.6. The zero-order valence-electron chi connectivity index (χ0n) is 14.5. The van der Waals surface area contributed by atoms with Gasteiger partial charge in [0.1, 0.15) is 5.92 Å². The van der Waals surface area contributed by atoms with E-state index in [1.165, 1.54) is 18.0 Å². The van der Waals surface area contributed by atoms with Gasteiger partial charge in [-0.3, -0.25) is 4.79 Å². The van der Waals surface area contributed by atoms with Crippen LogP contribution in [0.2, 0.25) is 0 Å². The van der Waals surface area contributed by atoms with Crippen molar-refractivity contribution in [2.75, 3.05) is 14.1 Å². The fourth-order valence-electron chi connectivity index (χ4n) is 3.48. The van der Waals surface area contributed by atoms with Crippen LogP contribution in [-0.2, 0) is 0 Å². The van der Waals surface area contributed by atoms with Crippen LogP contribution in [0.15, 0.2) is 47.8 Å². The fourth-order valence-corrected chi connectivity index (χ4v) is 4.44. The van der Waals surface area contributed by atoms with Gasteiger partial charge in [0.2, 0.25) is 0 Å². The van der Waals surface area contributed by atoms with Gasteiger partial charge in [-0.15, -0.1) is 11.3 Å². The number of carbonyl (C=O) groups excluding carboxylic acids is 1. The first kappa shape index (κ1) is 19.8. The summed E-state index contributed by atoms with van der Waals surface area (Å²) in [6.07, 6.45) is -5.10. The van der Waals surface area contributed by atoms with E-state index >= 15 is 0 Å². The molecule has 27 heavy (non-hydrogen) atoms. The fraction of sp³-hybridized carbons (Fsp3) is 0.333. The van der Waals surface area contributed by atoms with Crippen LogP contribution in [0.5, 0.6) is 0 Å². The maximum absolute atomic E-state index is 14.1. The van der Waals surface area contributed by atoms with Crippen LogP contribution in [0, 0.1) is 5.92 Å². The van der Waals surface area contributed by atoms with Gasteiger partial charge in [0.25, 0.3) is 5.72 Å². The Balaban J connectivity index is 2.25. The third kappa shape index (κ3) is 3.03. The lowest BCUT2D eigenvalue weighted by atomic mass is 9.77. The van der Waals surface area contributed by atoms with E-state index in [1.54, 1.807) is 41.8 Å². The number of thiocarbonyl (C=S) groups is 1. The molecule has 0 unspecified atom stereocenters. The number of rotatable bonds is 3. The van der Waals surface area contributed by atoms with E-state index in [-0.39, 0.29) is 9.99 Å². The predicted octanol–water partition coefficient (Wildman–Crippen LogP) is 3.70. The molecule has 1 aliphatic rings. The molecule has 1 aliphatic heterocycles. The number of hydrogen-bond donors (Lipinski definition) is 1. The van der Waals surface area contributed by atoms with Gasteiger partial charge >= 0.3 is 6.18 Å². The topological polar surface area (TPSA) is 43.8 Å². The highest BCUT2D eigenvalue weighted by molar-refractivity contribution is 7.80. The lowest BCUT2D eigenvalue weighted by Crippen LogP contribution is -2.72. The third-order valence-corrected chi connectivity index (χ3v) is 6.32. The van der Waals surface area contributed by atoms with Crippen molar-refractivity contribution in [2.45, 2.75) is 17.9 Å². The minimum atomic E-state index is -5.10. The van der Waals surface area contributed by atoms with E-state index in [0.29, 0.717) is 10.5 Å².